The minimum absolute atomic E-state index is 0.00399. The van der Waals surface area contributed by atoms with E-state index in [1.54, 1.807) is 27.7 Å². The number of aldehydes is 1. The number of hydrogen-bond acceptors (Lipinski definition) is 50. The number of esters is 3. The van der Waals surface area contributed by atoms with Crippen molar-refractivity contribution < 1.29 is 251 Å². The van der Waals surface area contributed by atoms with Gasteiger partial charge in [-0.25, -0.2) is 4.79 Å². The highest BCUT2D eigenvalue weighted by Gasteiger charge is 2.74. The number of ether oxygens (including phenoxy) is 20. The summed E-state index contributed by atoms with van der Waals surface area (Å²) in [4.78, 5) is 72.9. The number of aliphatic hydroxyl groups is 25. The monoisotopic (exact) mass is 2160 g/mol. The van der Waals surface area contributed by atoms with Gasteiger partial charge in [-0.05, 0) is 130 Å². The third-order valence-corrected chi connectivity index (χ3v) is 35.6. The van der Waals surface area contributed by atoms with E-state index in [1.165, 1.54) is 20.8 Å². The molecule has 4 saturated carbocycles. The second kappa shape index (κ2) is 48.6. The zero-order valence-electron chi connectivity index (χ0n) is 86.2. The Morgan fingerprint density at radius 1 is 0.433 bits per heavy atom. The summed E-state index contributed by atoms with van der Waals surface area (Å²) in [5.41, 5.74) is -5.95. The summed E-state index contributed by atoms with van der Waals surface area (Å²) >= 11 is 0. The molecular weight excluding hydrogens is 2010 g/mol. The molecule has 0 aromatic rings. The number of hydrogen-bond donors (Lipinski definition) is 26. The molecule has 0 unspecified atom stereocenters. The van der Waals surface area contributed by atoms with E-state index in [9.17, 15) is 152 Å². The van der Waals surface area contributed by atoms with E-state index in [1.807, 2.05) is 27.7 Å². The first-order valence-electron chi connectivity index (χ1n) is 52.3. The van der Waals surface area contributed by atoms with Crippen molar-refractivity contribution in [3.05, 3.63) is 11.6 Å². The van der Waals surface area contributed by atoms with Crippen molar-refractivity contribution in [2.24, 2.45) is 62.1 Å². The highest BCUT2D eigenvalue weighted by Crippen LogP contribution is 2.76. The van der Waals surface area contributed by atoms with Crippen molar-refractivity contribution in [3.8, 4) is 0 Å². The maximum atomic E-state index is 16.7. The summed E-state index contributed by atoms with van der Waals surface area (Å²) in [6.45, 7) is 19.0. The molecule has 9 saturated heterocycles. The molecule has 9 heterocycles. The molecule has 0 bridgehead atoms. The summed E-state index contributed by atoms with van der Waals surface area (Å²) in [7, 11) is 0. The SMILES string of the molecule is CC[C@@H](C)[C@@H](C[C@H](O)CC(=O)O[C@@H]1[C@H](O)[C@@H](O[C@@H]2O[C@@H](C)[C@H](O[C@@H]3OC[C@@H](O)[C@H](O[C@@H]4OC[C@@H](O)[C@H](O)[C@H]4O)[C@H]3O)[C@@H](O[C@@H]3O[C@H](CO)[C@@H](O)[C@H](O)[C@H]3O)[C@H]2O)[C@H](OC(=O)[C@]23CCC(C)(C)C[C@H]2C2=CC[C@@H]4[C@@]5(C)CC[C@H](O[C@@H]6O[C@H](C(=O)O)[C@@H](O)[C@H](O[C@@H]7O[C@@H](C)[C@H](O)[C@@H](O)[C@H]7O)[C@H]6O[C@@H]6O[C@H](CO)[C@H](O)[C@H](O)[C@H]6O)[C@@](C)(C=O)[C@@H]5CC[C@@]4(C)[C@]2(C)C[C@H]3O)O[C@@H]1C)OC(=O)C[C@@H](O)C[C@H](O[C@@H]1O[C@@H](CO)[C@H](O)[C@H]1O)[C@@H](C)CC. The van der Waals surface area contributed by atoms with E-state index in [2.05, 4.69) is 19.9 Å². The molecule has 26 N–H and O–H groups in total. The zero-order chi connectivity index (χ0) is 110. The van der Waals surface area contributed by atoms with E-state index in [-0.39, 0.29) is 56.8 Å². The van der Waals surface area contributed by atoms with Crippen LogP contribution in [0.3, 0.4) is 0 Å². The number of fused-ring (bicyclic) bond motifs is 7. The van der Waals surface area contributed by atoms with E-state index < -0.39 is 421 Å². The van der Waals surface area contributed by atoms with Crippen molar-refractivity contribution in [1.29, 1.82) is 0 Å². The molecule has 0 spiro atoms. The van der Waals surface area contributed by atoms with E-state index in [4.69, 9.17) is 94.7 Å². The first-order chi connectivity index (χ1) is 70.5. The van der Waals surface area contributed by atoms with Crippen molar-refractivity contribution in [1.82, 2.24) is 0 Å². The van der Waals surface area contributed by atoms with Gasteiger partial charge in [0.1, 0.15) is 183 Å². The Morgan fingerprint density at radius 3 is 1.49 bits per heavy atom. The normalized spacial score (nSPS) is 49.5. The Bertz CT molecular complexity index is 4470. The van der Waals surface area contributed by atoms with E-state index in [0.717, 1.165) is 11.9 Å². The molecule has 0 amide bonds. The average Bonchev–Trinajstić information content (AvgIpc) is 0.705. The van der Waals surface area contributed by atoms with Crippen LogP contribution in [0.5, 0.6) is 0 Å². The minimum Gasteiger partial charge on any atom is -0.479 e. The standard InChI is InChI=1S/C99H160O51/c1-14-36(3)47(136-56(109)26-42(105)25-48(37(4)15-2)137-87-67(120)62(115)51(32-102)138-87)24-41(104)27-57(110)142-75-39(6)135-91(81(71(75)124)148-90-74(127)79(146-88-69(122)64(117)60(113)49(30-100)139-88)76(40(7)134-90)143-85-73(126)77(46(107)34-132-85)144-84-66(119)59(112)45(106)33-131-84)150-93(130)99-23-22-94(8,9)28-44(99)43-16-17-53-95(10)20-19-55(96(11,35-103)52(95)18-21-97(53,12)98(43,13)29-54(99)108)141-92-82(149-89-70(123)65(118)61(114)50(31-101)140-89)78(72(125)80(147-92)83(128)129)145-86-68(121)63(116)58(111)38(5)133-86/h16,35-42,44-55,58-82,84-92,100-102,104-108,111-127H,14-15,17-34H2,1-13H3,(H,128,129)/t36-,37+,38+,39-,40+,41+,42+,44+,45-,46-,47-,48+,49-,50-,51+,52-,53-,54-,55+,58+,59+,60-,61+,62+,63-,64+,65+,66-,67-,68-,69-,70-,71+,72+,73-,74-,75+,76+,77+,78+,79+,80+,81-,82-,84+,85+,86+,87-,88+,89+,90+,91+,92-,95+,96+,97-,98-,99-/m1/s1. The smallest absolute Gasteiger partial charge is 0.335 e. The van der Waals surface area contributed by atoms with Crippen LogP contribution in [0.25, 0.3) is 0 Å². The highest BCUT2D eigenvalue weighted by atomic mass is 16.8. The van der Waals surface area contributed by atoms with Gasteiger partial charge in [-0.1, -0.05) is 93.7 Å². The highest BCUT2D eigenvalue weighted by molar-refractivity contribution is 5.80. The molecule has 9 aliphatic heterocycles. The van der Waals surface area contributed by atoms with Crippen LogP contribution in [0.2, 0.25) is 0 Å². The van der Waals surface area contributed by atoms with Gasteiger partial charge in [-0.3, -0.25) is 14.4 Å². The number of carboxylic acid groups (broad SMARTS) is 1. The van der Waals surface area contributed by atoms with Crippen LogP contribution in [0, 0.1) is 62.1 Å². The van der Waals surface area contributed by atoms with E-state index >= 15 is 4.79 Å². The van der Waals surface area contributed by atoms with Gasteiger partial charge >= 0.3 is 23.9 Å². The number of carbonyl (C=O) groups is 5. The lowest BCUT2D eigenvalue weighted by molar-refractivity contribution is -0.397. The Balaban J connectivity index is 0.750. The van der Waals surface area contributed by atoms with Crippen molar-refractivity contribution in [2.75, 3.05) is 33.0 Å². The van der Waals surface area contributed by atoms with Crippen LogP contribution < -0.4 is 0 Å². The number of carbonyl (C=O) groups excluding carboxylic acids is 4. The average molecular weight is 2170 g/mol. The number of rotatable bonds is 37. The molecule has 5 aliphatic carbocycles. The first kappa shape index (κ1) is 121. The molecule has 0 aromatic carbocycles. The number of aliphatic hydroxyl groups excluding tert-OH is 25. The fourth-order valence-electron chi connectivity index (χ4n) is 25.8. The third kappa shape index (κ3) is 23.6. The number of carboxylic acids is 1. The predicted molar refractivity (Wildman–Crippen MR) is 495 cm³/mol. The van der Waals surface area contributed by atoms with Gasteiger partial charge in [0.2, 0.25) is 6.29 Å². The largest absolute Gasteiger partial charge is 0.479 e. The fourth-order valence-corrected chi connectivity index (χ4v) is 25.8. The molecule has 51 heteroatoms. The molecule has 14 aliphatic rings. The summed E-state index contributed by atoms with van der Waals surface area (Å²) in [6.07, 6.45) is -85.0. The van der Waals surface area contributed by atoms with Gasteiger partial charge in [0.05, 0.1) is 100 Å². The predicted octanol–water partition coefficient (Wildman–Crippen LogP) is -7.47. The molecule has 0 radical (unpaired) electrons. The van der Waals surface area contributed by atoms with E-state index in [0.29, 0.717) is 32.1 Å². The van der Waals surface area contributed by atoms with Crippen LogP contribution in [0.15, 0.2) is 11.6 Å². The minimum atomic E-state index is -2.39. The lowest BCUT2D eigenvalue weighted by Gasteiger charge is -2.71. The van der Waals surface area contributed by atoms with Gasteiger partial charge < -0.3 is 232 Å². The summed E-state index contributed by atoms with van der Waals surface area (Å²) in [6, 6.07) is 0. The van der Waals surface area contributed by atoms with Crippen LogP contribution in [0.1, 0.15) is 186 Å². The summed E-state index contributed by atoms with van der Waals surface area (Å²) < 4.78 is 122. The van der Waals surface area contributed by atoms with Gasteiger partial charge in [0.15, 0.2) is 68.6 Å². The molecule has 58 atom stereocenters. The molecule has 0 aromatic heterocycles. The fraction of sp³-hybridized carbons (Fsp3) is 0.929. The zero-order valence-corrected chi connectivity index (χ0v) is 86.2. The van der Waals surface area contributed by atoms with Crippen LogP contribution in [-0.2, 0) is 119 Å². The lowest BCUT2D eigenvalue weighted by atomic mass is 9.33. The Kier molecular flexibility index (Phi) is 39.3. The molecule has 862 valence electrons. The molecule has 51 nitrogen and oxygen atoms in total. The Hall–Kier alpha value is -4.39. The van der Waals surface area contributed by atoms with Crippen molar-refractivity contribution in [2.45, 2.75) is 481 Å². The molecular formula is C99H160O51. The van der Waals surface area contributed by atoms with Gasteiger partial charge in [-0.2, -0.15) is 0 Å². The van der Waals surface area contributed by atoms with Crippen LogP contribution in [0.4, 0.5) is 0 Å². The first-order valence-corrected chi connectivity index (χ1v) is 52.3. The molecule has 150 heavy (non-hydrogen) atoms. The maximum Gasteiger partial charge on any atom is 0.335 e. The van der Waals surface area contributed by atoms with Crippen molar-refractivity contribution >= 4 is 30.2 Å². The maximum absolute atomic E-state index is 16.7. The Labute approximate surface area is 865 Å². The molecule has 13 fully saturated rings. The van der Waals surface area contributed by atoms with Gasteiger partial charge in [-0.15, -0.1) is 0 Å². The molecule has 14 rings (SSSR count). The second-order valence-corrected chi connectivity index (χ2v) is 45.7. The van der Waals surface area contributed by atoms with Gasteiger partial charge in [0, 0.05) is 12.8 Å². The Morgan fingerprint density at radius 2 is 0.907 bits per heavy atom. The third-order valence-electron chi connectivity index (χ3n) is 35.6. The summed E-state index contributed by atoms with van der Waals surface area (Å²) in [5, 5.41) is 292. The van der Waals surface area contributed by atoms with Crippen molar-refractivity contribution in [3.63, 3.8) is 0 Å². The lowest BCUT2D eigenvalue weighted by Crippen LogP contribution is -2.69. The van der Waals surface area contributed by atoms with Gasteiger partial charge in [0.25, 0.3) is 0 Å². The second-order valence-electron chi connectivity index (χ2n) is 45.7. The van der Waals surface area contributed by atoms with Crippen LogP contribution in [-0.4, -0.2) is 491 Å². The number of aliphatic carboxylic acids is 1. The van der Waals surface area contributed by atoms with Crippen LogP contribution >= 0.6 is 0 Å². The summed E-state index contributed by atoms with van der Waals surface area (Å²) in [5.74, 6) is -7.68. The number of allylic oxidation sites excluding steroid dienone is 2. The topological polar surface area (TPSA) is 796 Å². The quantitative estimate of drug-likeness (QED) is 0.00903.